The van der Waals surface area contributed by atoms with E-state index in [1.54, 1.807) is 0 Å². The van der Waals surface area contributed by atoms with Gasteiger partial charge in [-0.05, 0) is 51.4 Å². The molecule has 0 saturated carbocycles. The summed E-state index contributed by atoms with van der Waals surface area (Å²) < 4.78 is 16.8. The molecule has 0 aromatic heterocycles. The summed E-state index contributed by atoms with van der Waals surface area (Å²) in [5.74, 6) is -0.861. The molecule has 0 N–H and O–H groups in total. The molecule has 0 rings (SSSR count). The second-order valence-electron chi connectivity index (χ2n) is 21.0. The highest BCUT2D eigenvalue weighted by Gasteiger charge is 2.19. The SMILES string of the molecule is CCCCCCC/C=C\C/C=C\CCCCCCCCCCCC(=O)OC(COC(=O)CCCCCCCC)COC(=O)CCCCCCCCCCCCCCCCCCCCCCCCCC. The fourth-order valence-electron chi connectivity index (χ4n) is 9.30. The second-order valence-corrected chi connectivity index (χ2v) is 21.0. The topological polar surface area (TPSA) is 78.9 Å². The first-order chi connectivity index (χ1) is 34.0. The van der Waals surface area contributed by atoms with Crippen molar-refractivity contribution in [1.29, 1.82) is 0 Å². The summed E-state index contributed by atoms with van der Waals surface area (Å²) in [7, 11) is 0. The second kappa shape index (κ2) is 58.5. The van der Waals surface area contributed by atoms with E-state index >= 15 is 0 Å². The third-order valence-electron chi connectivity index (χ3n) is 14.0. The highest BCUT2D eigenvalue weighted by atomic mass is 16.6. The fraction of sp³-hybridized carbons (Fsp3) is 0.889. The molecule has 0 aromatic carbocycles. The van der Waals surface area contributed by atoms with Gasteiger partial charge in [0.1, 0.15) is 13.2 Å². The Balaban J connectivity index is 4.06. The molecule has 0 bridgehead atoms. The highest BCUT2D eigenvalue weighted by molar-refractivity contribution is 5.71. The first-order valence-electron chi connectivity index (χ1n) is 30.8. The zero-order valence-electron chi connectivity index (χ0n) is 46.6. The fourth-order valence-corrected chi connectivity index (χ4v) is 9.30. The Morgan fingerprint density at radius 1 is 0.290 bits per heavy atom. The molecule has 0 aromatic rings. The van der Waals surface area contributed by atoms with Crippen LogP contribution in [0.4, 0.5) is 0 Å². The molecule has 0 heterocycles. The van der Waals surface area contributed by atoms with Crippen LogP contribution in [0.15, 0.2) is 24.3 Å². The molecule has 0 amide bonds. The van der Waals surface area contributed by atoms with Crippen LogP contribution in [0.2, 0.25) is 0 Å². The van der Waals surface area contributed by atoms with E-state index in [2.05, 4.69) is 45.1 Å². The molecule has 0 aliphatic heterocycles. The smallest absolute Gasteiger partial charge is 0.306 e. The number of hydrogen-bond donors (Lipinski definition) is 0. The first-order valence-corrected chi connectivity index (χ1v) is 30.8. The van der Waals surface area contributed by atoms with Gasteiger partial charge in [0, 0.05) is 19.3 Å². The van der Waals surface area contributed by atoms with Crippen LogP contribution < -0.4 is 0 Å². The van der Waals surface area contributed by atoms with Crippen LogP contribution in [0.25, 0.3) is 0 Å². The first kappa shape index (κ1) is 66.9. The molecule has 1 atom stereocenters. The van der Waals surface area contributed by atoms with Gasteiger partial charge in [0.25, 0.3) is 0 Å². The molecule has 0 spiro atoms. The summed E-state index contributed by atoms with van der Waals surface area (Å²) in [6, 6.07) is 0. The van der Waals surface area contributed by atoms with Gasteiger partial charge in [0.15, 0.2) is 6.10 Å². The van der Waals surface area contributed by atoms with E-state index in [0.29, 0.717) is 19.3 Å². The number of unbranched alkanes of at least 4 members (excludes halogenated alkanes) is 42. The van der Waals surface area contributed by atoms with E-state index < -0.39 is 6.10 Å². The van der Waals surface area contributed by atoms with E-state index in [1.807, 2.05) is 0 Å². The van der Waals surface area contributed by atoms with Gasteiger partial charge in [-0.3, -0.25) is 14.4 Å². The molecule has 0 aliphatic rings. The van der Waals surface area contributed by atoms with Crippen LogP contribution in [0, 0.1) is 0 Å². The predicted molar refractivity (Wildman–Crippen MR) is 298 cm³/mol. The Labute approximate surface area is 430 Å². The lowest BCUT2D eigenvalue weighted by Crippen LogP contribution is -2.30. The molecule has 69 heavy (non-hydrogen) atoms. The Hall–Kier alpha value is -2.11. The molecule has 0 fully saturated rings. The molecule has 0 aliphatic carbocycles. The molecule has 0 saturated heterocycles. The Bertz CT molecular complexity index is 1110. The standard InChI is InChI=1S/C63H118O6/c1-4-7-10-13-16-18-20-22-24-26-28-30-31-32-34-35-37-39-41-43-45-47-50-53-56-62(65)68-59-60(58-67-61(64)55-52-49-15-12-9-6-3)69-63(66)57-54-51-48-46-44-42-40-38-36-33-29-27-25-23-21-19-17-14-11-8-5-2/h21,23,27,29,60H,4-20,22,24-26,28,30-59H2,1-3H3/b23-21-,29-27-. The molecular weight excluding hydrogens is 853 g/mol. The lowest BCUT2D eigenvalue weighted by molar-refractivity contribution is -0.167. The third-order valence-corrected chi connectivity index (χ3v) is 14.0. The van der Waals surface area contributed by atoms with Gasteiger partial charge in [-0.15, -0.1) is 0 Å². The molecule has 406 valence electrons. The van der Waals surface area contributed by atoms with Crippen molar-refractivity contribution in [3.63, 3.8) is 0 Å². The maximum atomic E-state index is 12.8. The number of ether oxygens (including phenoxy) is 3. The van der Waals surface area contributed by atoms with Crippen LogP contribution in [-0.4, -0.2) is 37.2 Å². The maximum absolute atomic E-state index is 12.8. The van der Waals surface area contributed by atoms with Gasteiger partial charge in [-0.2, -0.15) is 0 Å². The average molecular weight is 972 g/mol. The summed E-state index contributed by atoms with van der Waals surface area (Å²) in [6.07, 6.45) is 69.3. The summed E-state index contributed by atoms with van der Waals surface area (Å²) in [5, 5.41) is 0. The van der Waals surface area contributed by atoms with Crippen molar-refractivity contribution in [2.75, 3.05) is 13.2 Å². The van der Waals surface area contributed by atoms with Gasteiger partial charge >= 0.3 is 17.9 Å². The van der Waals surface area contributed by atoms with Crippen molar-refractivity contribution in [1.82, 2.24) is 0 Å². The van der Waals surface area contributed by atoms with Crippen molar-refractivity contribution in [3.8, 4) is 0 Å². The van der Waals surface area contributed by atoms with Crippen LogP contribution in [0.5, 0.6) is 0 Å². The van der Waals surface area contributed by atoms with Gasteiger partial charge < -0.3 is 14.2 Å². The van der Waals surface area contributed by atoms with E-state index in [4.69, 9.17) is 14.2 Å². The number of carbonyl (C=O) groups is 3. The quantitative estimate of drug-likeness (QED) is 0.0261. The van der Waals surface area contributed by atoms with Gasteiger partial charge in [0.2, 0.25) is 0 Å². The minimum absolute atomic E-state index is 0.0682. The highest BCUT2D eigenvalue weighted by Crippen LogP contribution is 2.18. The number of allylic oxidation sites excluding steroid dienone is 4. The number of esters is 3. The monoisotopic (exact) mass is 971 g/mol. The molecule has 0 radical (unpaired) electrons. The molecule has 6 nitrogen and oxygen atoms in total. The summed E-state index contributed by atoms with van der Waals surface area (Å²) >= 11 is 0. The molecule has 1 unspecified atom stereocenters. The number of carbonyl (C=O) groups excluding carboxylic acids is 3. The Morgan fingerprint density at radius 2 is 0.522 bits per heavy atom. The van der Waals surface area contributed by atoms with Crippen LogP contribution >= 0.6 is 0 Å². The van der Waals surface area contributed by atoms with Crippen molar-refractivity contribution in [3.05, 3.63) is 24.3 Å². The van der Waals surface area contributed by atoms with Gasteiger partial charge in [-0.1, -0.05) is 295 Å². The van der Waals surface area contributed by atoms with Gasteiger partial charge in [0.05, 0.1) is 0 Å². The minimum atomic E-state index is -0.767. The summed E-state index contributed by atoms with van der Waals surface area (Å²) in [6.45, 7) is 6.62. The van der Waals surface area contributed by atoms with Crippen molar-refractivity contribution in [2.45, 2.75) is 348 Å². The Morgan fingerprint density at radius 3 is 0.797 bits per heavy atom. The third kappa shape index (κ3) is 56.7. The minimum Gasteiger partial charge on any atom is -0.462 e. The van der Waals surface area contributed by atoms with E-state index in [1.165, 1.54) is 238 Å². The zero-order valence-corrected chi connectivity index (χ0v) is 46.6. The molecule has 6 heteroatoms. The average Bonchev–Trinajstić information content (AvgIpc) is 3.35. The number of hydrogen-bond acceptors (Lipinski definition) is 6. The Kier molecular flexibility index (Phi) is 56.7. The molecular formula is C63H118O6. The van der Waals surface area contributed by atoms with Crippen LogP contribution in [-0.2, 0) is 28.6 Å². The van der Waals surface area contributed by atoms with E-state index in [9.17, 15) is 14.4 Å². The lowest BCUT2D eigenvalue weighted by atomic mass is 10.0. The van der Waals surface area contributed by atoms with Crippen LogP contribution in [0.1, 0.15) is 342 Å². The predicted octanol–water partition coefficient (Wildman–Crippen LogP) is 20.7. The van der Waals surface area contributed by atoms with E-state index in [0.717, 1.165) is 64.2 Å². The zero-order chi connectivity index (χ0) is 50.0. The summed E-state index contributed by atoms with van der Waals surface area (Å²) in [4.78, 5) is 37.9. The largest absolute Gasteiger partial charge is 0.462 e. The number of rotatable bonds is 57. The normalized spacial score (nSPS) is 12.1. The maximum Gasteiger partial charge on any atom is 0.306 e. The van der Waals surface area contributed by atoms with E-state index in [-0.39, 0.29) is 31.1 Å². The van der Waals surface area contributed by atoms with Crippen molar-refractivity contribution < 1.29 is 28.6 Å². The van der Waals surface area contributed by atoms with Gasteiger partial charge in [-0.25, -0.2) is 0 Å². The van der Waals surface area contributed by atoms with Crippen molar-refractivity contribution >= 4 is 17.9 Å². The van der Waals surface area contributed by atoms with Crippen LogP contribution in [0.3, 0.4) is 0 Å². The summed E-state index contributed by atoms with van der Waals surface area (Å²) in [5.41, 5.74) is 0. The van der Waals surface area contributed by atoms with Crippen molar-refractivity contribution in [2.24, 2.45) is 0 Å². The lowest BCUT2D eigenvalue weighted by Gasteiger charge is -2.18.